The molecule has 8 nitrogen and oxygen atoms in total. The van der Waals surface area contributed by atoms with Crippen LogP contribution in [0.1, 0.15) is 182 Å². The third-order valence-corrected chi connectivity index (χ3v) is 15.2. The molecule has 0 aromatic carbocycles. The van der Waals surface area contributed by atoms with Crippen molar-refractivity contribution in [3.8, 4) is 0 Å². The van der Waals surface area contributed by atoms with E-state index < -0.39 is 0 Å². The molecule has 60 heavy (non-hydrogen) atoms. The zero-order valence-electron chi connectivity index (χ0n) is 38.5. The largest absolute Gasteiger partial charge is 0.463 e. The minimum Gasteiger partial charge on any atom is -0.463 e. The molecule has 4 fully saturated rings. The molecule has 0 atom stereocenters. The lowest BCUT2D eigenvalue weighted by atomic mass is 9.62. The number of carbonyl (C=O) groups is 4. The van der Waals surface area contributed by atoms with Crippen LogP contribution in [0.4, 0.5) is 0 Å². The van der Waals surface area contributed by atoms with Crippen LogP contribution in [0, 0.1) is 46.3 Å². The van der Waals surface area contributed by atoms with Gasteiger partial charge in [0.25, 0.3) is 0 Å². The molecule has 0 unspecified atom stereocenters. The van der Waals surface area contributed by atoms with Crippen LogP contribution in [0.3, 0.4) is 0 Å². The van der Waals surface area contributed by atoms with Gasteiger partial charge in [-0.15, -0.1) is 0 Å². The fourth-order valence-corrected chi connectivity index (χ4v) is 11.2. The molecule has 0 amide bonds. The quantitative estimate of drug-likeness (QED) is 0.0603. The van der Waals surface area contributed by atoms with Gasteiger partial charge in [-0.05, 0) is 163 Å². The van der Waals surface area contributed by atoms with Gasteiger partial charge < -0.3 is 18.9 Å². The summed E-state index contributed by atoms with van der Waals surface area (Å²) in [5, 5.41) is 0. The molecule has 0 heterocycles. The molecule has 0 N–H and O–H groups in total. The van der Waals surface area contributed by atoms with Crippen molar-refractivity contribution < 1.29 is 38.1 Å². The maximum atomic E-state index is 11.8. The minimum atomic E-state index is -0.365. The molecule has 4 aliphatic rings. The minimum absolute atomic E-state index is 0.0840. The predicted molar refractivity (Wildman–Crippen MR) is 242 cm³/mol. The lowest BCUT2D eigenvalue weighted by molar-refractivity contribution is -0.142. The summed E-state index contributed by atoms with van der Waals surface area (Å²) >= 11 is 0. The number of carbonyl (C=O) groups excluding carboxylic acids is 4. The molecule has 0 saturated heterocycles. The fraction of sp³-hybridized carbons (Fsp3) is 0.769. The van der Waals surface area contributed by atoms with Gasteiger partial charge in [0.2, 0.25) is 0 Å². The molecular formula is C52H84O8. The van der Waals surface area contributed by atoms with E-state index in [1.54, 1.807) is 13.8 Å². The monoisotopic (exact) mass is 837 g/mol. The van der Waals surface area contributed by atoms with Crippen LogP contribution in [0.15, 0.2) is 49.6 Å². The average molecular weight is 837 g/mol. The Morgan fingerprint density at radius 2 is 0.767 bits per heavy atom. The Labute approximate surface area is 365 Å². The van der Waals surface area contributed by atoms with E-state index in [1.807, 2.05) is 0 Å². The molecule has 0 aromatic heterocycles. The second kappa shape index (κ2) is 27.0. The zero-order chi connectivity index (χ0) is 44.0. The molecule has 0 spiro atoms. The first-order valence-electron chi connectivity index (χ1n) is 24.0. The fourth-order valence-electron chi connectivity index (χ4n) is 11.2. The van der Waals surface area contributed by atoms with Crippen LogP contribution in [-0.4, -0.2) is 50.3 Å². The first-order valence-corrected chi connectivity index (χ1v) is 24.0. The van der Waals surface area contributed by atoms with E-state index in [0.717, 1.165) is 86.9 Å². The molecule has 0 aromatic rings. The third-order valence-electron chi connectivity index (χ3n) is 15.2. The van der Waals surface area contributed by atoms with E-state index in [9.17, 15) is 19.2 Å². The second-order valence-corrected chi connectivity index (χ2v) is 19.4. The van der Waals surface area contributed by atoms with Gasteiger partial charge in [-0.25, -0.2) is 19.2 Å². The number of hydrogen-bond acceptors (Lipinski definition) is 8. The van der Waals surface area contributed by atoms with E-state index in [1.165, 1.54) is 115 Å². The lowest BCUT2D eigenvalue weighted by Crippen LogP contribution is -2.34. The topological polar surface area (TPSA) is 105 Å². The highest BCUT2D eigenvalue weighted by molar-refractivity contribution is 5.87. The number of hydrogen-bond donors (Lipinski definition) is 0. The highest BCUT2D eigenvalue weighted by Gasteiger charge is 2.40. The summed E-state index contributed by atoms with van der Waals surface area (Å²) in [5.74, 6) is 3.97. The van der Waals surface area contributed by atoms with Crippen LogP contribution in [0.5, 0.6) is 0 Å². The highest BCUT2D eigenvalue weighted by atomic mass is 16.5. The summed E-state index contributed by atoms with van der Waals surface area (Å²) in [7, 11) is 0. The third kappa shape index (κ3) is 17.7. The van der Waals surface area contributed by atoms with Crippen molar-refractivity contribution in [3.05, 3.63) is 49.6 Å². The van der Waals surface area contributed by atoms with Crippen molar-refractivity contribution in [2.24, 2.45) is 46.3 Å². The molecule has 0 bridgehead atoms. The van der Waals surface area contributed by atoms with Crippen molar-refractivity contribution >= 4 is 23.9 Å². The summed E-state index contributed by atoms with van der Waals surface area (Å²) in [6.07, 6.45) is 31.9. The van der Waals surface area contributed by atoms with Gasteiger partial charge in [0.1, 0.15) is 0 Å². The van der Waals surface area contributed by atoms with Crippen LogP contribution in [0.25, 0.3) is 0 Å². The van der Waals surface area contributed by atoms with E-state index in [4.69, 9.17) is 18.9 Å². The Kier molecular flexibility index (Phi) is 23.1. The maximum Gasteiger partial charge on any atom is 0.333 e. The van der Waals surface area contributed by atoms with Crippen molar-refractivity contribution in [1.82, 2.24) is 0 Å². The number of esters is 4. The Morgan fingerprint density at radius 3 is 1.03 bits per heavy atom. The molecule has 0 aliphatic heterocycles. The first-order chi connectivity index (χ1) is 28.8. The lowest BCUT2D eigenvalue weighted by Gasteiger charge is -2.44. The van der Waals surface area contributed by atoms with Crippen molar-refractivity contribution in [2.45, 2.75) is 182 Å². The summed E-state index contributed by atoms with van der Waals surface area (Å²) in [6.45, 7) is 23.8. The van der Waals surface area contributed by atoms with Gasteiger partial charge in [0.05, 0.1) is 26.4 Å². The maximum absolute atomic E-state index is 11.8. The molecule has 0 radical (unpaired) electrons. The van der Waals surface area contributed by atoms with Crippen LogP contribution >= 0.6 is 0 Å². The Bertz CT molecular complexity index is 1300. The van der Waals surface area contributed by atoms with Crippen LogP contribution in [0.2, 0.25) is 0 Å². The molecular weight excluding hydrogens is 753 g/mol. The smallest absolute Gasteiger partial charge is 0.333 e. The van der Waals surface area contributed by atoms with Crippen LogP contribution in [-0.2, 0) is 38.1 Å². The summed E-state index contributed by atoms with van der Waals surface area (Å²) < 4.78 is 21.4. The standard InChI is InChI=1S/C27H44O4.C25H40O4/c1-6-7-22-8-10-23(11-9-22)24-12-14-27(15-13-24,16-18-30-25(28)20(2)3)17-19-31-26(29)21(4)5;1-4-7-20-8-10-21(11-9-20)22-12-14-25(15-13-22,16-18-28-23(26)5-2)17-19-29-24(27)6-3/h22-24H,2,4,6-19H2,1,3,5H3;5-6,20-22H,2-4,7-19H2,1H3. The zero-order valence-corrected chi connectivity index (χ0v) is 38.5. The summed E-state index contributed by atoms with van der Waals surface area (Å²) in [4.78, 5) is 46.4. The highest BCUT2D eigenvalue weighted by Crippen LogP contribution is 2.50. The Balaban J connectivity index is 0.000000321. The molecule has 340 valence electrons. The number of ether oxygens (including phenoxy) is 4. The Hall–Kier alpha value is -3.16. The van der Waals surface area contributed by atoms with Gasteiger partial charge in [0.15, 0.2) is 0 Å². The molecule has 4 saturated carbocycles. The van der Waals surface area contributed by atoms with E-state index >= 15 is 0 Å². The Morgan fingerprint density at radius 1 is 0.483 bits per heavy atom. The van der Waals surface area contributed by atoms with Gasteiger partial charge in [-0.1, -0.05) is 91.5 Å². The van der Waals surface area contributed by atoms with Gasteiger partial charge in [-0.2, -0.15) is 0 Å². The van der Waals surface area contributed by atoms with Crippen molar-refractivity contribution in [2.75, 3.05) is 26.4 Å². The second-order valence-electron chi connectivity index (χ2n) is 19.4. The normalized spacial score (nSPS) is 24.1. The van der Waals surface area contributed by atoms with E-state index in [-0.39, 0.29) is 34.7 Å². The SMILES string of the molecule is C=C(C)C(=O)OCCC1(CCOC(=O)C(=C)C)CCC(C2CCC(CCC)CC2)CC1.C=CC(=O)OCCC1(CCOC(=O)C=C)CCC(C2CCC(CCC)CC2)CC1. The van der Waals surface area contributed by atoms with E-state index in [2.05, 4.69) is 40.2 Å². The predicted octanol–water partition coefficient (Wildman–Crippen LogP) is 12.8. The molecule has 4 rings (SSSR count). The van der Waals surface area contributed by atoms with Gasteiger partial charge >= 0.3 is 23.9 Å². The first kappa shape index (κ1) is 51.2. The van der Waals surface area contributed by atoms with Crippen molar-refractivity contribution in [1.29, 1.82) is 0 Å². The van der Waals surface area contributed by atoms with Crippen LogP contribution < -0.4 is 0 Å². The number of rotatable bonds is 22. The summed E-state index contributed by atoms with van der Waals surface area (Å²) in [6, 6.07) is 0. The van der Waals surface area contributed by atoms with Crippen molar-refractivity contribution in [3.63, 3.8) is 0 Å². The van der Waals surface area contributed by atoms with E-state index in [0.29, 0.717) is 37.6 Å². The molecule has 8 heteroatoms. The van der Waals surface area contributed by atoms with Gasteiger partial charge in [-0.3, -0.25) is 0 Å². The average Bonchev–Trinajstić information content (AvgIpc) is 3.25. The molecule has 4 aliphatic carbocycles. The van der Waals surface area contributed by atoms with Gasteiger partial charge in [0, 0.05) is 23.3 Å². The summed E-state index contributed by atoms with van der Waals surface area (Å²) in [5.41, 5.74) is 1.05.